The summed E-state index contributed by atoms with van der Waals surface area (Å²) in [6.07, 6.45) is 2.67. The molecule has 0 radical (unpaired) electrons. The number of carboxylic acid groups (broad SMARTS) is 1. The van der Waals surface area contributed by atoms with Crippen LogP contribution in [0.1, 0.15) is 30.6 Å². The molecule has 5 heteroatoms. The Morgan fingerprint density at radius 2 is 1.82 bits per heavy atom. The van der Waals surface area contributed by atoms with E-state index in [1.807, 2.05) is 13.8 Å². The Bertz CT molecular complexity index is 689. The van der Waals surface area contributed by atoms with Crippen LogP contribution in [0.2, 0.25) is 0 Å². The van der Waals surface area contributed by atoms with Crippen LogP contribution in [0.5, 0.6) is 0 Å². The van der Waals surface area contributed by atoms with Gasteiger partial charge in [0.05, 0.1) is 23.1 Å². The number of amides is 2. The van der Waals surface area contributed by atoms with E-state index in [2.05, 4.69) is 6.08 Å². The van der Waals surface area contributed by atoms with Crippen LogP contribution < -0.4 is 4.90 Å². The van der Waals surface area contributed by atoms with Gasteiger partial charge in [-0.25, -0.2) is 4.79 Å². The van der Waals surface area contributed by atoms with Gasteiger partial charge in [0, 0.05) is 0 Å². The topological polar surface area (TPSA) is 74.7 Å². The number of rotatable bonds is 2. The molecule has 0 spiro atoms. The molecule has 1 fully saturated rings. The fraction of sp³-hybridized carbons (Fsp3) is 0.353. The highest BCUT2D eigenvalue weighted by molar-refractivity contribution is 6.22. The number of fused-ring (bicyclic) bond motifs is 1. The van der Waals surface area contributed by atoms with Crippen LogP contribution >= 0.6 is 0 Å². The van der Waals surface area contributed by atoms with E-state index in [0.29, 0.717) is 12.1 Å². The van der Waals surface area contributed by atoms with Crippen molar-refractivity contribution in [3.8, 4) is 0 Å². The number of benzene rings is 1. The molecule has 0 aromatic heterocycles. The quantitative estimate of drug-likeness (QED) is 0.672. The van der Waals surface area contributed by atoms with Crippen molar-refractivity contribution in [2.75, 3.05) is 4.90 Å². The molecule has 0 bridgehead atoms. The highest BCUT2D eigenvalue weighted by atomic mass is 16.4. The third kappa shape index (κ3) is 2.13. The standard InChI is InChI=1S/C17H17NO4/c1-9-7-10(2)14-13(8-9)15(19)18(16(14)20)12-5-3-11(4-6-12)17(21)22/h3-7,10,13-14H,8H2,1-2H3,(H,21,22)/t10?,13-,14+/m0/s1. The van der Waals surface area contributed by atoms with E-state index in [-0.39, 0.29) is 35.1 Å². The number of aromatic carboxylic acids is 1. The maximum atomic E-state index is 12.6. The first-order valence-electron chi connectivity index (χ1n) is 7.28. The molecule has 2 aliphatic rings. The van der Waals surface area contributed by atoms with Crippen molar-refractivity contribution in [1.29, 1.82) is 0 Å². The van der Waals surface area contributed by atoms with Crippen LogP contribution in [-0.4, -0.2) is 22.9 Å². The van der Waals surface area contributed by atoms with E-state index in [0.717, 1.165) is 5.57 Å². The number of hydrogen-bond donors (Lipinski definition) is 1. The van der Waals surface area contributed by atoms with Gasteiger partial charge >= 0.3 is 5.97 Å². The molecular weight excluding hydrogens is 282 g/mol. The fourth-order valence-corrected chi connectivity index (χ4v) is 3.53. The Balaban J connectivity index is 1.94. The highest BCUT2D eigenvalue weighted by Crippen LogP contribution is 2.42. The predicted octanol–water partition coefficient (Wildman–Crippen LogP) is 2.48. The lowest BCUT2D eigenvalue weighted by atomic mass is 9.76. The van der Waals surface area contributed by atoms with Crippen molar-refractivity contribution in [2.45, 2.75) is 20.3 Å². The number of anilines is 1. The van der Waals surface area contributed by atoms with E-state index in [1.165, 1.54) is 29.2 Å². The van der Waals surface area contributed by atoms with E-state index >= 15 is 0 Å². The summed E-state index contributed by atoms with van der Waals surface area (Å²) in [7, 11) is 0. The average molecular weight is 299 g/mol. The van der Waals surface area contributed by atoms with E-state index in [1.54, 1.807) is 0 Å². The van der Waals surface area contributed by atoms with Crippen LogP contribution in [-0.2, 0) is 9.59 Å². The van der Waals surface area contributed by atoms with Gasteiger partial charge in [0.25, 0.3) is 0 Å². The zero-order chi connectivity index (χ0) is 16.0. The maximum Gasteiger partial charge on any atom is 0.335 e. The molecule has 1 aliphatic heterocycles. The second kappa shape index (κ2) is 5.09. The molecule has 22 heavy (non-hydrogen) atoms. The molecule has 1 unspecified atom stereocenters. The third-order valence-corrected chi connectivity index (χ3v) is 4.50. The molecule has 5 nitrogen and oxygen atoms in total. The second-order valence-electron chi connectivity index (χ2n) is 6.07. The summed E-state index contributed by atoms with van der Waals surface area (Å²) in [6.45, 7) is 3.94. The van der Waals surface area contributed by atoms with Gasteiger partial charge in [-0.05, 0) is 43.5 Å². The lowest BCUT2D eigenvalue weighted by Gasteiger charge is -2.25. The summed E-state index contributed by atoms with van der Waals surface area (Å²) in [5, 5.41) is 8.92. The summed E-state index contributed by atoms with van der Waals surface area (Å²) < 4.78 is 0. The fourth-order valence-electron chi connectivity index (χ4n) is 3.53. The van der Waals surface area contributed by atoms with E-state index < -0.39 is 5.97 Å². The zero-order valence-corrected chi connectivity index (χ0v) is 12.4. The number of carbonyl (C=O) groups is 3. The van der Waals surface area contributed by atoms with Gasteiger partial charge in [-0.2, -0.15) is 0 Å². The molecule has 1 aliphatic carbocycles. The summed E-state index contributed by atoms with van der Waals surface area (Å²) in [5.41, 5.74) is 1.71. The number of imide groups is 1. The molecule has 0 saturated carbocycles. The molecule has 2 amide bonds. The molecular formula is C17H17NO4. The molecule has 1 heterocycles. The Morgan fingerprint density at radius 1 is 1.18 bits per heavy atom. The number of nitrogens with zero attached hydrogens (tertiary/aromatic N) is 1. The summed E-state index contributed by atoms with van der Waals surface area (Å²) >= 11 is 0. The first kappa shape index (κ1) is 14.5. The smallest absolute Gasteiger partial charge is 0.335 e. The van der Waals surface area contributed by atoms with Crippen molar-refractivity contribution < 1.29 is 19.5 Å². The minimum absolute atomic E-state index is 0.0403. The van der Waals surface area contributed by atoms with E-state index in [4.69, 9.17) is 5.11 Å². The van der Waals surface area contributed by atoms with E-state index in [9.17, 15) is 14.4 Å². The number of carboxylic acids is 1. The summed E-state index contributed by atoms with van der Waals surface area (Å²) in [6, 6.07) is 5.85. The average Bonchev–Trinajstić information content (AvgIpc) is 2.70. The Labute approximate surface area is 128 Å². The molecule has 114 valence electrons. The molecule has 3 rings (SSSR count). The van der Waals surface area contributed by atoms with Crippen molar-refractivity contribution in [3.05, 3.63) is 41.5 Å². The van der Waals surface area contributed by atoms with Crippen LogP contribution in [0.15, 0.2) is 35.9 Å². The molecule has 1 N–H and O–H groups in total. The maximum absolute atomic E-state index is 12.6. The van der Waals surface area contributed by atoms with Gasteiger partial charge in [-0.15, -0.1) is 0 Å². The first-order chi connectivity index (χ1) is 10.4. The van der Waals surface area contributed by atoms with Crippen LogP contribution in [0.3, 0.4) is 0 Å². The van der Waals surface area contributed by atoms with Gasteiger partial charge in [-0.1, -0.05) is 18.6 Å². The van der Waals surface area contributed by atoms with Gasteiger partial charge < -0.3 is 5.11 Å². The van der Waals surface area contributed by atoms with Crippen LogP contribution in [0.25, 0.3) is 0 Å². The number of allylic oxidation sites excluding steroid dienone is 2. The number of carbonyl (C=O) groups excluding carboxylic acids is 2. The van der Waals surface area contributed by atoms with Crippen molar-refractivity contribution >= 4 is 23.5 Å². The van der Waals surface area contributed by atoms with Gasteiger partial charge in [-0.3, -0.25) is 14.5 Å². The van der Waals surface area contributed by atoms with Crippen molar-refractivity contribution in [2.24, 2.45) is 17.8 Å². The minimum Gasteiger partial charge on any atom is -0.478 e. The first-order valence-corrected chi connectivity index (χ1v) is 7.28. The molecule has 1 saturated heterocycles. The normalized spacial score (nSPS) is 27.6. The Kier molecular flexibility index (Phi) is 3.35. The predicted molar refractivity (Wildman–Crippen MR) is 80.4 cm³/mol. The van der Waals surface area contributed by atoms with Crippen LogP contribution in [0, 0.1) is 17.8 Å². The zero-order valence-electron chi connectivity index (χ0n) is 12.4. The molecule has 3 atom stereocenters. The number of hydrogen-bond acceptors (Lipinski definition) is 3. The molecule has 1 aromatic rings. The Hall–Kier alpha value is -2.43. The monoisotopic (exact) mass is 299 g/mol. The summed E-state index contributed by atoms with van der Waals surface area (Å²) in [4.78, 5) is 37.4. The van der Waals surface area contributed by atoms with Crippen molar-refractivity contribution in [1.82, 2.24) is 0 Å². The lowest BCUT2D eigenvalue weighted by Crippen LogP contribution is -2.31. The minimum atomic E-state index is -1.03. The highest BCUT2D eigenvalue weighted by Gasteiger charge is 2.51. The van der Waals surface area contributed by atoms with Gasteiger partial charge in [0.15, 0.2) is 0 Å². The second-order valence-corrected chi connectivity index (χ2v) is 6.07. The third-order valence-electron chi connectivity index (χ3n) is 4.50. The Morgan fingerprint density at radius 3 is 2.41 bits per heavy atom. The van der Waals surface area contributed by atoms with Gasteiger partial charge in [0.1, 0.15) is 0 Å². The summed E-state index contributed by atoms with van der Waals surface area (Å²) in [5.74, 6) is -1.97. The lowest BCUT2D eigenvalue weighted by molar-refractivity contribution is -0.122. The van der Waals surface area contributed by atoms with Gasteiger partial charge in [0.2, 0.25) is 11.8 Å². The largest absolute Gasteiger partial charge is 0.478 e. The SMILES string of the molecule is CC1=CC(C)[C@H]2C(=O)N(c3ccc(C(=O)O)cc3)C(=O)[C@H]2C1. The van der Waals surface area contributed by atoms with Crippen molar-refractivity contribution in [3.63, 3.8) is 0 Å². The van der Waals surface area contributed by atoms with Crippen LogP contribution in [0.4, 0.5) is 5.69 Å². The molecule has 1 aromatic carbocycles.